The highest BCUT2D eigenvalue weighted by Crippen LogP contribution is 2.20. The highest BCUT2D eigenvalue weighted by Gasteiger charge is 2.03. The number of ether oxygens (including phenoxy) is 1. The minimum atomic E-state index is 0.815. The minimum absolute atomic E-state index is 0.815. The molecule has 0 N–H and O–H groups in total. The molecule has 0 amide bonds. The number of para-hydroxylation sites is 1. The predicted octanol–water partition coefficient (Wildman–Crippen LogP) is 4.58. The lowest BCUT2D eigenvalue weighted by atomic mass is 10.0. The summed E-state index contributed by atoms with van der Waals surface area (Å²) >= 11 is 0. The third kappa shape index (κ3) is 6.87. The second-order valence-corrected chi connectivity index (χ2v) is 6.31. The van der Waals surface area contributed by atoms with Crippen molar-refractivity contribution in [1.29, 1.82) is 0 Å². The van der Waals surface area contributed by atoms with Gasteiger partial charge in [-0.05, 0) is 69.9 Å². The average Bonchev–Trinajstić information content (AvgIpc) is 2.57. The second kappa shape index (κ2) is 10.1. The zero-order chi connectivity index (χ0) is 16.3. The molecule has 0 radical (unpaired) electrons. The van der Waals surface area contributed by atoms with E-state index in [0.717, 1.165) is 38.2 Å². The third-order valence-corrected chi connectivity index (χ3v) is 4.01. The number of aryl methyl sites for hydroxylation is 2. The summed E-state index contributed by atoms with van der Waals surface area (Å²) in [6.07, 6.45) is 5.68. The van der Waals surface area contributed by atoms with Gasteiger partial charge in [-0.1, -0.05) is 48.5 Å². The van der Waals surface area contributed by atoms with Crippen LogP contribution in [0, 0.1) is 0 Å². The second-order valence-electron chi connectivity index (χ2n) is 6.31. The number of unbranched alkanes of at least 4 members (excludes halogenated alkanes) is 2. The fourth-order valence-corrected chi connectivity index (χ4v) is 2.66. The number of benzene rings is 2. The molecule has 0 bridgehead atoms. The van der Waals surface area contributed by atoms with Crippen molar-refractivity contribution in [2.24, 2.45) is 0 Å². The molecule has 2 heteroatoms. The van der Waals surface area contributed by atoms with Gasteiger partial charge in [0.1, 0.15) is 5.75 Å². The maximum Gasteiger partial charge on any atom is 0.122 e. The van der Waals surface area contributed by atoms with Crippen LogP contribution in [0.5, 0.6) is 5.75 Å². The van der Waals surface area contributed by atoms with Crippen molar-refractivity contribution >= 4 is 0 Å². The molecule has 0 aliphatic rings. The summed E-state index contributed by atoms with van der Waals surface area (Å²) in [5.74, 6) is 1.05. The summed E-state index contributed by atoms with van der Waals surface area (Å²) in [5, 5.41) is 0. The summed E-state index contributed by atoms with van der Waals surface area (Å²) in [4.78, 5) is 2.24. The van der Waals surface area contributed by atoms with Gasteiger partial charge < -0.3 is 9.64 Å². The lowest BCUT2D eigenvalue weighted by Gasteiger charge is -2.12. The van der Waals surface area contributed by atoms with Gasteiger partial charge in [-0.25, -0.2) is 0 Å². The monoisotopic (exact) mass is 311 g/mol. The molecule has 0 saturated carbocycles. The standard InChI is InChI=1S/C21H29NO/c1-22(2)17-9-4-10-18-23-21-14-8-7-13-20(21)16-15-19-11-5-3-6-12-19/h3,5-8,11-14H,4,9-10,15-18H2,1-2H3. The van der Waals surface area contributed by atoms with Crippen molar-refractivity contribution in [3.8, 4) is 5.75 Å². The topological polar surface area (TPSA) is 12.5 Å². The van der Waals surface area contributed by atoms with E-state index in [0.29, 0.717) is 0 Å². The zero-order valence-electron chi connectivity index (χ0n) is 14.5. The minimum Gasteiger partial charge on any atom is -0.493 e. The number of rotatable bonds is 10. The van der Waals surface area contributed by atoms with Crippen LogP contribution in [-0.2, 0) is 12.8 Å². The van der Waals surface area contributed by atoms with E-state index in [2.05, 4.69) is 73.6 Å². The molecule has 0 spiro atoms. The van der Waals surface area contributed by atoms with Crippen molar-refractivity contribution < 1.29 is 4.74 Å². The Morgan fingerprint density at radius 1 is 0.783 bits per heavy atom. The molecule has 0 fully saturated rings. The Hall–Kier alpha value is -1.80. The molecule has 2 aromatic carbocycles. The summed E-state index contributed by atoms with van der Waals surface area (Å²) in [7, 11) is 4.25. The Bertz CT molecular complexity index is 551. The number of hydrogen-bond acceptors (Lipinski definition) is 2. The van der Waals surface area contributed by atoms with Crippen LogP contribution >= 0.6 is 0 Å². The molecule has 2 nitrogen and oxygen atoms in total. The Labute approximate surface area is 141 Å². The normalized spacial score (nSPS) is 10.9. The van der Waals surface area contributed by atoms with Crippen LogP contribution < -0.4 is 4.74 Å². The van der Waals surface area contributed by atoms with E-state index in [1.54, 1.807) is 0 Å². The van der Waals surface area contributed by atoms with Crippen molar-refractivity contribution in [2.75, 3.05) is 27.2 Å². The molecule has 23 heavy (non-hydrogen) atoms. The van der Waals surface area contributed by atoms with Crippen LogP contribution in [0.15, 0.2) is 54.6 Å². The molecule has 2 rings (SSSR count). The molecule has 0 aliphatic heterocycles. The number of hydrogen-bond donors (Lipinski definition) is 0. The lowest BCUT2D eigenvalue weighted by Crippen LogP contribution is -2.13. The van der Waals surface area contributed by atoms with Gasteiger partial charge in [0, 0.05) is 0 Å². The molecular weight excluding hydrogens is 282 g/mol. The van der Waals surface area contributed by atoms with Crippen LogP contribution in [0.4, 0.5) is 0 Å². The van der Waals surface area contributed by atoms with Gasteiger partial charge in [-0.15, -0.1) is 0 Å². The third-order valence-electron chi connectivity index (χ3n) is 4.01. The highest BCUT2D eigenvalue weighted by atomic mass is 16.5. The van der Waals surface area contributed by atoms with Crippen molar-refractivity contribution in [2.45, 2.75) is 32.1 Å². The van der Waals surface area contributed by atoms with Crippen LogP contribution in [0.25, 0.3) is 0 Å². The first-order valence-electron chi connectivity index (χ1n) is 8.65. The van der Waals surface area contributed by atoms with E-state index >= 15 is 0 Å². The SMILES string of the molecule is CN(C)CCCCCOc1ccccc1CCc1ccccc1. The van der Waals surface area contributed by atoms with Gasteiger partial charge in [-0.2, -0.15) is 0 Å². The van der Waals surface area contributed by atoms with E-state index in [1.165, 1.54) is 24.0 Å². The van der Waals surface area contributed by atoms with Crippen LogP contribution in [0.2, 0.25) is 0 Å². The van der Waals surface area contributed by atoms with Gasteiger partial charge in [0.05, 0.1) is 6.61 Å². The molecule has 0 aromatic heterocycles. The van der Waals surface area contributed by atoms with E-state index in [4.69, 9.17) is 4.74 Å². The Morgan fingerprint density at radius 2 is 1.52 bits per heavy atom. The average molecular weight is 311 g/mol. The Balaban J connectivity index is 1.76. The summed E-state index contributed by atoms with van der Waals surface area (Å²) in [6, 6.07) is 19.1. The van der Waals surface area contributed by atoms with E-state index < -0.39 is 0 Å². The van der Waals surface area contributed by atoms with E-state index in [1.807, 2.05) is 0 Å². The zero-order valence-corrected chi connectivity index (χ0v) is 14.5. The Morgan fingerprint density at radius 3 is 2.30 bits per heavy atom. The first-order valence-corrected chi connectivity index (χ1v) is 8.65. The molecular formula is C21H29NO. The summed E-state index contributed by atoms with van der Waals surface area (Å²) < 4.78 is 6.02. The van der Waals surface area contributed by atoms with Crippen LogP contribution in [-0.4, -0.2) is 32.1 Å². The maximum absolute atomic E-state index is 6.02. The summed E-state index contributed by atoms with van der Waals surface area (Å²) in [6.45, 7) is 1.98. The van der Waals surface area contributed by atoms with E-state index in [9.17, 15) is 0 Å². The quantitative estimate of drug-likeness (QED) is 0.595. The largest absolute Gasteiger partial charge is 0.493 e. The molecule has 0 heterocycles. The van der Waals surface area contributed by atoms with E-state index in [-0.39, 0.29) is 0 Å². The first kappa shape index (κ1) is 17.6. The molecule has 0 atom stereocenters. The van der Waals surface area contributed by atoms with Crippen LogP contribution in [0.1, 0.15) is 30.4 Å². The molecule has 0 saturated heterocycles. The lowest BCUT2D eigenvalue weighted by molar-refractivity contribution is 0.296. The highest BCUT2D eigenvalue weighted by molar-refractivity contribution is 5.34. The van der Waals surface area contributed by atoms with Gasteiger partial charge in [0.15, 0.2) is 0 Å². The van der Waals surface area contributed by atoms with Gasteiger partial charge >= 0.3 is 0 Å². The first-order chi connectivity index (χ1) is 11.3. The van der Waals surface area contributed by atoms with Gasteiger partial charge in [-0.3, -0.25) is 0 Å². The molecule has 2 aromatic rings. The molecule has 0 unspecified atom stereocenters. The van der Waals surface area contributed by atoms with Crippen molar-refractivity contribution in [1.82, 2.24) is 4.90 Å². The fraction of sp³-hybridized carbons (Fsp3) is 0.429. The van der Waals surface area contributed by atoms with Crippen molar-refractivity contribution in [3.63, 3.8) is 0 Å². The van der Waals surface area contributed by atoms with Crippen LogP contribution in [0.3, 0.4) is 0 Å². The Kier molecular flexibility index (Phi) is 7.68. The van der Waals surface area contributed by atoms with Crippen molar-refractivity contribution in [3.05, 3.63) is 65.7 Å². The van der Waals surface area contributed by atoms with Gasteiger partial charge in [0.2, 0.25) is 0 Å². The number of nitrogens with zero attached hydrogens (tertiary/aromatic N) is 1. The predicted molar refractivity (Wildman–Crippen MR) is 98.2 cm³/mol. The van der Waals surface area contributed by atoms with Gasteiger partial charge in [0.25, 0.3) is 0 Å². The summed E-state index contributed by atoms with van der Waals surface area (Å²) in [5.41, 5.74) is 2.69. The fourth-order valence-electron chi connectivity index (χ4n) is 2.66. The maximum atomic E-state index is 6.02. The molecule has 0 aliphatic carbocycles. The smallest absolute Gasteiger partial charge is 0.122 e. The molecule has 124 valence electrons.